The number of rotatable bonds is 8. The molecule has 18 heavy (non-hydrogen) atoms. The van der Waals surface area contributed by atoms with Crippen LogP contribution in [0, 0.1) is 0 Å². The van der Waals surface area contributed by atoms with E-state index in [-0.39, 0.29) is 0 Å². The van der Waals surface area contributed by atoms with Gasteiger partial charge in [-0.05, 0) is 17.2 Å². The van der Waals surface area contributed by atoms with Gasteiger partial charge in [-0.1, -0.05) is 92.5 Å². The first kappa shape index (κ1) is 16.0. The molecule has 0 amide bonds. The summed E-state index contributed by atoms with van der Waals surface area (Å²) in [5, 5.41) is 1.93. The molecular weight excluding hydrogens is 300 g/mol. The molecule has 1 aromatic carbocycles. The molecule has 0 aromatic heterocycles. The van der Waals surface area contributed by atoms with Crippen molar-refractivity contribution in [2.24, 2.45) is 0 Å². The number of benzene rings is 1. The van der Waals surface area contributed by atoms with Gasteiger partial charge in [-0.2, -0.15) is 0 Å². The molecule has 0 nitrogen and oxygen atoms in total. The van der Waals surface area contributed by atoms with Crippen LogP contribution in [0.5, 0.6) is 0 Å². The standard InChI is InChI=1S/C16H25BrSi/c1-4-5-6-7-8-12-16(2,3)18-15-11-9-10-14(17)13-15/h9-11,13H,4-8,12H2,1-3H3. The molecular formula is C16H25BrSi. The van der Waals surface area contributed by atoms with Crippen LogP contribution in [0.25, 0.3) is 0 Å². The smallest absolute Gasteiger partial charge is 0.0654 e. The Hall–Kier alpha value is -0.0831. The fourth-order valence-corrected chi connectivity index (χ4v) is 4.29. The van der Waals surface area contributed by atoms with E-state index in [4.69, 9.17) is 0 Å². The SMILES string of the molecule is CCCCCCCC(C)(C)[Si]c1cccc(Br)c1. The van der Waals surface area contributed by atoms with E-state index >= 15 is 0 Å². The van der Waals surface area contributed by atoms with Crippen molar-refractivity contribution in [3.05, 3.63) is 28.7 Å². The fraction of sp³-hybridized carbons (Fsp3) is 0.625. The largest absolute Gasteiger partial charge is 0.0872 e. The molecule has 2 heteroatoms. The minimum absolute atomic E-state index is 0.451. The van der Waals surface area contributed by atoms with Gasteiger partial charge in [0.1, 0.15) is 0 Å². The second-order valence-electron chi connectivity index (χ2n) is 5.68. The van der Waals surface area contributed by atoms with Gasteiger partial charge in [-0.3, -0.25) is 0 Å². The van der Waals surface area contributed by atoms with Crippen LogP contribution in [0.3, 0.4) is 0 Å². The number of halogens is 1. The molecule has 2 radical (unpaired) electrons. The molecule has 0 aliphatic carbocycles. The van der Waals surface area contributed by atoms with Gasteiger partial charge < -0.3 is 0 Å². The summed E-state index contributed by atoms with van der Waals surface area (Å²) in [6.45, 7) is 7.09. The van der Waals surface area contributed by atoms with Crippen molar-refractivity contribution in [1.82, 2.24) is 0 Å². The van der Waals surface area contributed by atoms with Crippen LogP contribution < -0.4 is 5.19 Å². The number of unbranched alkanes of at least 4 members (excludes halogenated alkanes) is 4. The highest BCUT2D eigenvalue weighted by Gasteiger charge is 2.19. The van der Waals surface area contributed by atoms with Gasteiger partial charge in [-0.15, -0.1) is 0 Å². The Labute approximate surface area is 124 Å². The molecule has 0 atom stereocenters. The Balaban J connectivity index is 2.34. The normalized spacial score (nSPS) is 11.8. The lowest BCUT2D eigenvalue weighted by atomic mass is 10.0. The third-order valence-electron chi connectivity index (χ3n) is 3.21. The maximum absolute atomic E-state index is 3.56. The van der Waals surface area contributed by atoms with Crippen LogP contribution in [0.2, 0.25) is 5.04 Å². The molecule has 0 aliphatic heterocycles. The van der Waals surface area contributed by atoms with E-state index in [2.05, 4.69) is 61.0 Å². The third kappa shape index (κ3) is 6.74. The number of hydrogen-bond donors (Lipinski definition) is 0. The van der Waals surface area contributed by atoms with Crippen molar-refractivity contribution in [2.45, 2.75) is 64.3 Å². The first-order valence-corrected chi connectivity index (χ1v) is 8.86. The zero-order chi connectivity index (χ0) is 13.4. The van der Waals surface area contributed by atoms with Crippen molar-refractivity contribution in [2.75, 3.05) is 0 Å². The van der Waals surface area contributed by atoms with Gasteiger partial charge in [0.05, 0.1) is 9.52 Å². The quantitative estimate of drug-likeness (QED) is 0.447. The van der Waals surface area contributed by atoms with Crippen molar-refractivity contribution < 1.29 is 0 Å². The van der Waals surface area contributed by atoms with E-state index in [1.165, 1.54) is 48.2 Å². The van der Waals surface area contributed by atoms with Gasteiger partial charge in [0.15, 0.2) is 0 Å². The predicted octanol–water partition coefficient (Wildman–Crippen LogP) is 5.34. The first-order chi connectivity index (χ1) is 8.53. The summed E-state index contributed by atoms with van der Waals surface area (Å²) in [4.78, 5) is 0. The molecule has 0 saturated carbocycles. The Morgan fingerprint density at radius 3 is 2.50 bits per heavy atom. The Kier molecular flexibility index (Phi) is 7.24. The minimum atomic E-state index is 0.451. The molecule has 0 spiro atoms. The van der Waals surface area contributed by atoms with Gasteiger partial charge >= 0.3 is 0 Å². The maximum Gasteiger partial charge on any atom is 0.0872 e. The van der Waals surface area contributed by atoms with Gasteiger partial charge in [0.25, 0.3) is 0 Å². The molecule has 1 aromatic rings. The Bertz CT molecular complexity index is 347. The van der Waals surface area contributed by atoms with Crippen LogP contribution in [0.1, 0.15) is 59.3 Å². The lowest BCUT2D eigenvalue weighted by molar-refractivity contribution is 0.531. The maximum atomic E-state index is 3.56. The average molecular weight is 325 g/mol. The molecule has 1 rings (SSSR count). The second-order valence-corrected chi connectivity index (χ2v) is 8.78. The lowest BCUT2D eigenvalue weighted by Gasteiger charge is -2.23. The third-order valence-corrected chi connectivity index (χ3v) is 5.23. The van der Waals surface area contributed by atoms with Crippen LogP contribution in [0.15, 0.2) is 28.7 Å². The summed E-state index contributed by atoms with van der Waals surface area (Å²) in [5.41, 5.74) is 0. The zero-order valence-corrected chi connectivity index (χ0v) is 14.5. The molecule has 0 unspecified atom stereocenters. The molecule has 0 N–H and O–H groups in total. The summed E-state index contributed by atoms with van der Waals surface area (Å²) in [6.07, 6.45) is 8.28. The highest BCUT2D eigenvalue weighted by atomic mass is 79.9. The first-order valence-electron chi connectivity index (χ1n) is 7.07. The zero-order valence-electron chi connectivity index (χ0n) is 11.9. The molecule has 0 saturated heterocycles. The molecule has 0 bridgehead atoms. The molecule has 0 fully saturated rings. The number of hydrogen-bond acceptors (Lipinski definition) is 0. The molecule has 0 aliphatic rings. The predicted molar refractivity (Wildman–Crippen MR) is 86.9 cm³/mol. The van der Waals surface area contributed by atoms with Crippen molar-refractivity contribution in [1.29, 1.82) is 0 Å². The van der Waals surface area contributed by atoms with E-state index in [0.29, 0.717) is 5.04 Å². The van der Waals surface area contributed by atoms with Crippen LogP contribution in [0.4, 0.5) is 0 Å². The second kappa shape index (κ2) is 8.16. The van der Waals surface area contributed by atoms with Gasteiger partial charge in [0, 0.05) is 4.47 Å². The fourth-order valence-electron chi connectivity index (χ4n) is 2.19. The van der Waals surface area contributed by atoms with Crippen molar-refractivity contribution >= 4 is 30.6 Å². The lowest BCUT2D eigenvalue weighted by Crippen LogP contribution is -2.25. The molecule has 100 valence electrons. The Morgan fingerprint density at radius 1 is 1.11 bits per heavy atom. The van der Waals surface area contributed by atoms with Crippen molar-refractivity contribution in [3.63, 3.8) is 0 Å². The highest BCUT2D eigenvalue weighted by Crippen LogP contribution is 2.30. The summed E-state index contributed by atoms with van der Waals surface area (Å²) < 4.78 is 1.20. The van der Waals surface area contributed by atoms with Gasteiger partial charge in [-0.25, -0.2) is 0 Å². The summed E-state index contributed by atoms with van der Waals surface area (Å²) in [7, 11) is 0.910. The minimum Gasteiger partial charge on any atom is -0.0654 e. The summed E-state index contributed by atoms with van der Waals surface area (Å²) in [6, 6.07) is 8.76. The van der Waals surface area contributed by atoms with E-state index in [9.17, 15) is 0 Å². The van der Waals surface area contributed by atoms with E-state index in [1.807, 2.05) is 0 Å². The van der Waals surface area contributed by atoms with Crippen LogP contribution in [-0.2, 0) is 0 Å². The topological polar surface area (TPSA) is 0 Å². The summed E-state index contributed by atoms with van der Waals surface area (Å²) in [5.74, 6) is 0. The van der Waals surface area contributed by atoms with E-state index in [1.54, 1.807) is 0 Å². The molecule has 0 heterocycles. The highest BCUT2D eigenvalue weighted by molar-refractivity contribution is 9.10. The van der Waals surface area contributed by atoms with E-state index < -0.39 is 0 Å². The van der Waals surface area contributed by atoms with Crippen molar-refractivity contribution in [3.8, 4) is 0 Å². The van der Waals surface area contributed by atoms with Gasteiger partial charge in [0.2, 0.25) is 0 Å². The summed E-state index contributed by atoms with van der Waals surface area (Å²) >= 11 is 3.56. The van der Waals surface area contributed by atoms with Crippen LogP contribution >= 0.6 is 15.9 Å². The van der Waals surface area contributed by atoms with Crippen LogP contribution in [-0.4, -0.2) is 9.52 Å². The Morgan fingerprint density at radius 2 is 1.83 bits per heavy atom. The van der Waals surface area contributed by atoms with E-state index in [0.717, 1.165) is 9.52 Å². The average Bonchev–Trinajstić information content (AvgIpc) is 2.28. The monoisotopic (exact) mass is 324 g/mol.